The van der Waals surface area contributed by atoms with Crippen molar-refractivity contribution in [1.82, 2.24) is 20.4 Å². The van der Waals surface area contributed by atoms with Gasteiger partial charge in [0.15, 0.2) is 0 Å². The third-order valence-corrected chi connectivity index (χ3v) is 6.70. The lowest BCUT2D eigenvalue weighted by atomic mass is 10.2. The van der Waals surface area contributed by atoms with Crippen LogP contribution in [0.4, 0.5) is 9.59 Å². The molecule has 0 saturated carbocycles. The zero-order valence-electron chi connectivity index (χ0n) is 25.7. The molecule has 2 saturated heterocycles. The average Bonchev–Trinajstić information content (AvgIpc) is 3.48. The summed E-state index contributed by atoms with van der Waals surface area (Å²) in [4.78, 5) is 27.1. The second kappa shape index (κ2) is 14.8. The quantitative estimate of drug-likeness (QED) is 0.407. The number of nitrogens with zero attached hydrogens (tertiary/aromatic N) is 2. The van der Waals surface area contributed by atoms with Gasteiger partial charge in [-0.15, -0.1) is 0 Å². The summed E-state index contributed by atoms with van der Waals surface area (Å²) in [7, 11) is 0. The van der Waals surface area contributed by atoms with E-state index >= 15 is 0 Å². The Labute approximate surface area is 250 Å². The van der Waals surface area contributed by atoms with Crippen molar-refractivity contribution < 1.29 is 29.3 Å². The summed E-state index contributed by atoms with van der Waals surface area (Å²) in [5.74, 6) is 0. The summed E-state index contributed by atoms with van der Waals surface area (Å²) in [6.45, 7) is 13.9. The standard InChI is InChI=1S/2C16H24N2O3/c2*1-16(2,3)21-15(20)18-10-13(14(19)11-18)17-9-12-7-5-4-6-8-12/h2*4-8,13-14,17,19H,9-11H2,1-3H3/t2*13-,14-/m00/s1. The Kier molecular flexibility index (Phi) is 11.8. The van der Waals surface area contributed by atoms with Gasteiger partial charge in [-0.3, -0.25) is 0 Å². The molecule has 0 spiro atoms. The number of ether oxygens (including phenoxy) is 2. The molecule has 4 N–H and O–H groups in total. The molecule has 10 heteroatoms. The highest BCUT2D eigenvalue weighted by Crippen LogP contribution is 2.17. The number of likely N-dealkylation sites (tertiary alicyclic amines) is 2. The summed E-state index contributed by atoms with van der Waals surface area (Å²) < 4.78 is 10.7. The molecule has 10 nitrogen and oxygen atoms in total. The van der Waals surface area contributed by atoms with Crippen LogP contribution in [0.5, 0.6) is 0 Å². The molecule has 2 aliphatic heterocycles. The highest BCUT2D eigenvalue weighted by atomic mass is 16.6. The van der Waals surface area contributed by atoms with E-state index in [1.807, 2.05) is 102 Å². The molecular formula is C32H48N4O6. The van der Waals surface area contributed by atoms with Crippen molar-refractivity contribution >= 4 is 12.2 Å². The highest BCUT2D eigenvalue weighted by molar-refractivity contribution is 5.69. The molecule has 0 unspecified atom stereocenters. The van der Waals surface area contributed by atoms with Crippen molar-refractivity contribution in [2.24, 2.45) is 0 Å². The van der Waals surface area contributed by atoms with Gasteiger partial charge in [0, 0.05) is 26.2 Å². The maximum absolute atomic E-state index is 12.0. The highest BCUT2D eigenvalue weighted by Gasteiger charge is 2.37. The van der Waals surface area contributed by atoms with Gasteiger partial charge in [0.2, 0.25) is 0 Å². The molecule has 4 atom stereocenters. The van der Waals surface area contributed by atoms with Gasteiger partial charge in [-0.1, -0.05) is 60.7 Å². The predicted octanol–water partition coefficient (Wildman–Crippen LogP) is 3.51. The number of hydrogen-bond acceptors (Lipinski definition) is 8. The maximum atomic E-state index is 12.0. The second-order valence-corrected chi connectivity index (χ2v) is 12.9. The van der Waals surface area contributed by atoms with Gasteiger partial charge < -0.3 is 40.1 Å². The van der Waals surface area contributed by atoms with Gasteiger partial charge in [-0.05, 0) is 52.7 Å². The Morgan fingerprint density at radius 1 is 0.667 bits per heavy atom. The van der Waals surface area contributed by atoms with Crippen LogP contribution in [0, 0.1) is 0 Å². The number of carbonyl (C=O) groups excluding carboxylic acids is 2. The van der Waals surface area contributed by atoms with E-state index in [-0.39, 0.29) is 24.3 Å². The van der Waals surface area contributed by atoms with Crippen LogP contribution in [0.2, 0.25) is 0 Å². The molecule has 42 heavy (non-hydrogen) atoms. The lowest BCUT2D eigenvalue weighted by Gasteiger charge is -2.24. The first kappa shape index (κ1) is 33.3. The van der Waals surface area contributed by atoms with Gasteiger partial charge in [0.25, 0.3) is 0 Å². The van der Waals surface area contributed by atoms with E-state index in [1.165, 1.54) is 0 Å². The predicted molar refractivity (Wildman–Crippen MR) is 162 cm³/mol. The first-order valence-corrected chi connectivity index (χ1v) is 14.6. The molecule has 2 aromatic carbocycles. The van der Waals surface area contributed by atoms with Gasteiger partial charge in [-0.25, -0.2) is 9.59 Å². The van der Waals surface area contributed by atoms with Crippen LogP contribution < -0.4 is 10.6 Å². The third-order valence-electron chi connectivity index (χ3n) is 6.70. The van der Waals surface area contributed by atoms with E-state index in [1.54, 1.807) is 9.80 Å². The Hall–Kier alpha value is -3.18. The average molecular weight is 585 g/mol. The van der Waals surface area contributed by atoms with Crippen molar-refractivity contribution in [1.29, 1.82) is 0 Å². The van der Waals surface area contributed by atoms with Crippen molar-refractivity contribution in [3.05, 3.63) is 71.8 Å². The van der Waals surface area contributed by atoms with E-state index in [4.69, 9.17) is 9.47 Å². The summed E-state index contributed by atoms with van der Waals surface area (Å²) in [5, 5.41) is 26.7. The number of β-amino-alcohol motifs (C(OH)–C–C–N with tert-alkyl or cyclic N) is 2. The minimum absolute atomic E-state index is 0.127. The van der Waals surface area contributed by atoms with E-state index in [9.17, 15) is 19.8 Å². The second-order valence-electron chi connectivity index (χ2n) is 12.9. The minimum atomic E-state index is -0.568. The summed E-state index contributed by atoms with van der Waals surface area (Å²) in [6, 6.07) is 19.7. The van der Waals surface area contributed by atoms with Crippen LogP contribution in [0.15, 0.2) is 60.7 Å². The minimum Gasteiger partial charge on any atom is -0.444 e. The molecule has 2 amide bonds. The van der Waals surface area contributed by atoms with Gasteiger partial charge in [0.1, 0.15) is 11.2 Å². The van der Waals surface area contributed by atoms with Crippen LogP contribution >= 0.6 is 0 Å². The van der Waals surface area contributed by atoms with Crippen molar-refractivity contribution in [3.63, 3.8) is 0 Å². The maximum Gasteiger partial charge on any atom is 0.410 e. The lowest BCUT2D eigenvalue weighted by molar-refractivity contribution is 0.0261. The Morgan fingerprint density at radius 3 is 1.31 bits per heavy atom. The molecule has 2 aromatic rings. The van der Waals surface area contributed by atoms with Gasteiger partial charge in [0.05, 0.1) is 37.4 Å². The Morgan fingerprint density at radius 2 is 1.00 bits per heavy atom. The van der Waals surface area contributed by atoms with Crippen LogP contribution in [-0.4, -0.2) is 93.9 Å². The van der Waals surface area contributed by atoms with E-state index in [0.717, 1.165) is 11.1 Å². The molecule has 232 valence electrons. The number of carbonyl (C=O) groups is 2. The fraction of sp³-hybridized carbons (Fsp3) is 0.562. The normalized spacial score (nSPS) is 22.4. The first-order chi connectivity index (χ1) is 19.7. The van der Waals surface area contributed by atoms with Crippen LogP contribution in [0.1, 0.15) is 52.7 Å². The largest absolute Gasteiger partial charge is 0.444 e. The first-order valence-electron chi connectivity index (χ1n) is 14.6. The van der Waals surface area contributed by atoms with Crippen LogP contribution in [0.3, 0.4) is 0 Å². The lowest BCUT2D eigenvalue weighted by Crippen LogP contribution is -2.39. The molecule has 0 bridgehead atoms. The van der Waals surface area contributed by atoms with E-state index < -0.39 is 23.4 Å². The van der Waals surface area contributed by atoms with Crippen molar-refractivity contribution in [2.75, 3.05) is 26.2 Å². The molecule has 2 fully saturated rings. The summed E-state index contributed by atoms with van der Waals surface area (Å²) in [5.41, 5.74) is 1.27. The topological polar surface area (TPSA) is 124 Å². The van der Waals surface area contributed by atoms with Crippen LogP contribution in [0.25, 0.3) is 0 Å². The fourth-order valence-corrected chi connectivity index (χ4v) is 4.62. The number of amides is 2. The van der Waals surface area contributed by atoms with E-state index in [2.05, 4.69) is 10.6 Å². The number of rotatable bonds is 6. The molecule has 2 heterocycles. The van der Waals surface area contributed by atoms with E-state index in [0.29, 0.717) is 39.3 Å². The molecular weight excluding hydrogens is 536 g/mol. The zero-order chi connectivity index (χ0) is 30.9. The smallest absolute Gasteiger partial charge is 0.410 e. The van der Waals surface area contributed by atoms with Gasteiger partial charge in [-0.2, -0.15) is 0 Å². The number of hydrogen-bond donors (Lipinski definition) is 4. The number of nitrogens with one attached hydrogen (secondary N) is 2. The third kappa shape index (κ3) is 11.2. The number of aliphatic hydroxyl groups excluding tert-OH is 2. The fourth-order valence-electron chi connectivity index (χ4n) is 4.62. The molecule has 0 aliphatic carbocycles. The number of benzene rings is 2. The Balaban J connectivity index is 0.000000230. The zero-order valence-corrected chi connectivity index (χ0v) is 25.7. The van der Waals surface area contributed by atoms with Crippen molar-refractivity contribution in [2.45, 2.75) is 90.1 Å². The molecule has 2 aliphatic rings. The molecule has 0 aromatic heterocycles. The summed E-state index contributed by atoms with van der Waals surface area (Å²) in [6.07, 6.45) is -1.88. The van der Waals surface area contributed by atoms with Crippen LogP contribution in [-0.2, 0) is 22.6 Å². The SMILES string of the molecule is CC(C)(C)OC(=O)N1C[C@H](NCc2ccccc2)[C@@H](O)C1.CC(C)(C)OC(=O)N1C[C@H](NCc2ccccc2)[C@@H](O)C1. The Bertz CT molecular complexity index is 1030. The molecule has 0 radical (unpaired) electrons. The van der Waals surface area contributed by atoms with Crippen molar-refractivity contribution in [3.8, 4) is 0 Å². The summed E-state index contributed by atoms with van der Waals surface area (Å²) >= 11 is 0. The van der Waals surface area contributed by atoms with Gasteiger partial charge >= 0.3 is 12.2 Å². The monoisotopic (exact) mass is 584 g/mol. The number of aliphatic hydroxyl groups is 2. The molecule has 4 rings (SSSR count).